The summed E-state index contributed by atoms with van der Waals surface area (Å²) in [5, 5.41) is 2.50. The van der Waals surface area contributed by atoms with E-state index in [0.29, 0.717) is 0 Å². The Balaban J connectivity index is 0.00000348. The van der Waals surface area contributed by atoms with E-state index in [1.807, 2.05) is 0 Å². The van der Waals surface area contributed by atoms with E-state index in [-0.39, 0.29) is 13.3 Å². The number of hydrogen-bond acceptors (Lipinski definition) is 1. The monoisotopic (exact) mass is 652 g/mol. The molecule has 1 aliphatic rings. The molecule has 0 bridgehead atoms. The number of fused-ring (bicyclic) bond motifs is 6. The molecule has 242 valence electrons. The molecule has 0 saturated carbocycles. The molecule has 7 aromatic carbocycles. The molecule has 0 radical (unpaired) electrons. The summed E-state index contributed by atoms with van der Waals surface area (Å²) in [7, 11) is 0. The first-order valence-corrected chi connectivity index (χ1v) is 17.3. The Bertz CT molecular complexity index is 2550. The second-order valence-electron chi connectivity index (χ2n) is 13.1. The van der Waals surface area contributed by atoms with Crippen molar-refractivity contribution >= 4 is 21.8 Å². The summed E-state index contributed by atoms with van der Waals surface area (Å²) >= 11 is 0. The average Bonchev–Trinajstić information content (AvgIpc) is 3.71. The lowest BCUT2D eigenvalue weighted by Crippen LogP contribution is -2.03. The fourth-order valence-electron chi connectivity index (χ4n) is 8.06. The van der Waals surface area contributed by atoms with Gasteiger partial charge in [0.15, 0.2) is 0 Å². The molecule has 0 N–H and O–H groups in total. The van der Waals surface area contributed by atoms with Crippen LogP contribution in [-0.2, 0) is 0 Å². The topological polar surface area (TPSA) is 17.8 Å². The number of hydrogen-bond donors (Lipinski definition) is 0. The van der Waals surface area contributed by atoms with Gasteiger partial charge in [0.1, 0.15) is 0 Å². The SMILES string of the molecule is C.c1ccc(-c2cc(-c3cc(C4c5ccccc5-c5ccccc54)ccc3-n3c4ccccc4c4ccccc43)cc(-c3ccccc3)n2)cc1. The first-order chi connectivity index (χ1) is 24.8. The van der Waals surface area contributed by atoms with Gasteiger partial charge in [-0.2, -0.15) is 0 Å². The van der Waals surface area contributed by atoms with Crippen molar-refractivity contribution in [3.63, 3.8) is 0 Å². The largest absolute Gasteiger partial charge is 0.309 e. The van der Waals surface area contributed by atoms with Crippen LogP contribution < -0.4 is 0 Å². The molecule has 0 spiro atoms. The normalized spacial score (nSPS) is 12.1. The van der Waals surface area contributed by atoms with Crippen LogP contribution in [0.1, 0.15) is 30.0 Å². The van der Waals surface area contributed by atoms with E-state index < -0.39 is 0 Å². The van der Waals surface area contributed by atoms with E-state index in [1.54, 1.807) is 0 Å². The smallest absolute Gasteiger partial charge is 0.0715 e. The molecule has 2 aromatic heterocycles. The van der Waals surface area contributed by atoms with E-state index in [4.69, 9.17) is 4.98 Å². The molecular weight excluding hydrogens is 617 g/mol. The molecule has 0 aliphatic heterocycles. The van der Waals surface area contributed by atoms with Crippen molar-refractivity contribution in [3.8, 4) is 50.5 Å². The molecule has 0 atom stereocenters. The van der Waals surface area contributed by atoms with E-state index in [1.165, 1.54) is 55.2 Å². The predicted octanol–water partition coefficient (Wildman–Crippen LogP) is 13.0. The molecule has 0 fully saturated rings. The van der Waals surface area contributed by atoms with E-state index in [9.17, 15) is 0 Å². The third kappa shape index (κ3) is 4.99. The highest BCUT2D eigenvalue weighted by Crippen LogP contribution is 2.49. The van der Waals surface area contributed by atoms with E-state index >= 15 is 0 Å². The third-order valence-electron chi connectivity index (χ3n) is 10.3. The average molecular weight is 653 g/mol. The third-order valence-corrected chi connectivity index (χ3v) is 10.3. The van der Waals surface area contributed by atoms with Gasteiger partial charge < -0.3 is 4.57 Å². The number of benzene rings is 7. The van der Waals surface area contributed by atoms with Gasteiger partial charge >= 0.3 is 0 Å². The zero-order chi connectivity index (χ0) is 33.0. The highest BCUT2D eigenvalue weighted by molar-refractivity contribution is 6.09. The van der Waals surface area contributed by atoms with Crippen LogP contribution in [0.2, 0.25) is 0 Å². The molecule has 2 heteroatoms. The molecule has 0 amide bonds. The van der Waals surface area contributed by atoms with Gasteiger partial charge in [0.2, 0.25) is 0 Å². The maximum Gasteiger partial charge on any atom is 0.0715 e. The standard InChI is InChI=1S/C48H32N2.CH4/c1-3-15-32(16-4-1)43-30-35(31-44(49-43)33-17-5-2-6-18-33)42-29-34(48-40-23-9-7-19-36(40)37-20-8-10-24-41(37)48)27-28-47(42)50-45-25-13-11-21-38(45)39-22-12-14-26-46(39)50;/h1-31,48H;1H4. The summed E-state index contributed by atoms with van der Waals surface area (Å²) in [6, 6.07) is 68.1. The molecule has 9 aromatic rings. The number of aromatic nitrogens is 2. The first-order valence-electron chi connectivity index (χ1n) is 17.3. The minimum absolute atomic E-state index is 0. The van der Waals surface area contributed by atoms with Crippen LogP contribution >= 0.6 is 0 Å². The maximum absolute atomic E-state index is 5.24. The predicted molar refractivity (Wildman–Crippen MR) is 214 cm³/mol. The zero-order valence-corrected chi connectivity index (χ0v) is 27.4. The van der Waals surface area contributed by atoms with Gasteiger partial charge in [0.25, 0.3) is 0 Å². The quantitative estimate of drug-likeness (QED) is 0.181. The number of pyridine rings is 1. The highest BCUT2D eigenvalue weighted by atomic mass is 15.0. The summed E-state index contributed by atoms with van der Waals surface area (Å²) in [5.74, 6) is 0.136. The van der Waals surface area contributed by atoms with Crippen molar-refractivity contribution in [2.45, 2.75) is 13.3 Å². The molecule has 0 saturated heterocycles. The van der Waals surface area contributed by atoms with Crippen LogP contribution in [0.25, 0.3) is 72.3 Å². The number of para-hydroxylation sites is 2. The highest BCUT2D eigenvalue weighted by Gasteiger charge is 2.30. The van der Waals surface area contributed by atoms with Gasteiger partial charge in [-0.25, -0.2) is 4.98 Å². The van der Waals surface area contributed by atoms with Crippen LogP contribution in [0.5, 0.6) is 0 Å². The van der Waals surface area contributed by atoms with Crippen LogP contribution in [0, 0.1) is 0 Å². The van der Waals surface area contributed by atoms with Gasteiger partial charge in [-0.15, -0.1) is 0 Å². The Hall–Kier alpha value is -6.51. The maximum atomic E-state index is 5.24. The second kappa shape index (κ2) is 12.4. The molecular formula is C49H36N2. The van der Waals surface area contributed by atoms with Gasteiger partial charge in [-0.05, 0) is 69.8 Å². The summed E-state index contributed by atoms with van der Waals surface area (Å²) in [6.07, 6.45) is 0. The Morgan fingerprint density at radius 3 is 1.41 bits per heavy atom. The van der Waals surface area contributed by atoms with Crippen molar-refractivity contribution in [3.05, 3.63) is 205 Å². The second-order valence-corrected chi connectivity index (χ2v) is 13.1. The van der Waals surface area contributed by atoms with Gasteiger partial charge in [0, 0.05) is 33.4 Å². The Morgan fingerprint density at radius 1 is 0.392 bits per heavy atom. The lowest BCUT2D eigenvalue weighted by molar-refractivity contribution is 1.01. The van der Waals surface area contributed by atoms with Crippen molar-refractivity contribution in [2.24, 2.45) is 0 Å². The lowest BCUT2D eigenvalue weighted by atomic mass is 9.87. The molecule has 2 heterocycles. The van der Waals surface area contributed by atoms with Crippen LogP contribution in [-0.4, -0.2) is 9.55 Å². The number of nitrogens with zero attached hydrogens (tertiary/aromatic N) is 2. The van der Waals surface area contributed by atoms with E-state index in [0.717, 1.165) is 33.8 Å². The molecule has 10 rings (SSSR count). The van der Waals surface area contributed by atoms with Gasteiger partial charge in [0.05, 0.1) is 28.1 Å². The summed E-state index contributed by atoms with van der Waals surface area (Å²) < 4.78 is 2.45. The van der Waals surface area contributed by atoms with Crippen molar-refractivity contribution in [1.29, 1.82) is 0 Å². The minimum Gasteiger partial charge on any atom is -0.309 e. The molecule has 1 aliphatic carbocycles. The molecule has 2 nitrogen and oxygen atoms in total. The number of rotatable bonds is 5. The molecule has 51 heavy (non-hydrogen) atoms. The summed E-state index contributed by atoms with van der Waals surface area (Å²) in [5.41, 5.74) is 16.6. The van der Waals surface area contributed by atoms with Crippen molar-refractivity contribution in [1.82, 2.24) is 9.55 Å². The van der Waals surface area contributed by atoms with Crippen LogP contribution in [0.15, 0.2) is 188 Å². The summed E-state index contributed by atoms with van der Waals surface area (Å²) in [4.78, 5) is 5.24. The summed E-state index contributed by atoms with van der Waals surface area (Å²) in [6.45, 7) is 0. The van der Waals surface area contributed by atoms with Gasteiger partial charge in [-0.1, -0.05) is 159 Å². The lowest BCUT2D eigenvalue weighted by Gasteiger charge is -2.20. The Morgan fingerprint density at radius 2 is 0.863 bits per heavy atom. The Labute approximate surface area is 299 Å². The van der Waals surface area contributed by atoms with E-state index in [2.05, 4.69) is 193 Å². The van der Waals surface area contributed by atoms with Crippen LogP contribution in [0.4, 0.5) is 0 Å². The minimum atomic E-state index is 0. The van der Waals surface area contributed by atoms with Gasteiger partial charge in [-0.3, -0.25) is 0 Å². The Kier molecular flexibility index (Phi) is 7.44. The van der Waals surface area contributed by atoms with Crippen LogP contribution in [0.3, 0.4) is 0 Å². The first kappa shape index (κ1) is 30.5. The fraction of sp³-hybridized carbons (Fsp3) is 0.0408. The van der Waals surface area contributed by atoms with Crippen molar-refractivity contribution < 1.29 is 0 Å². The van der Waals surface area contributed by atoms with Crippen molar-refractivity contribution in [2.75, 3.05) is 0 Å². The molecule has 0 unspecified atom stereocenters. The zero-order valence-electron chi connectivity index (χ0n) is 27.4. The fourth-order valence-corrected chi connectivity index (χ4v) is 8.06.